The van der Waals surface area contributed by atoms with Crippen LogP contribution in [-0.4, -0.2) is 30.4 Å². The summed E-state index contributed by atoms with van der Waals surface area (Å²) in [5, 5.41) is 2.81. The second-order valence-corrected chi connectivity index (χ2v) is 4.89. The molecule has 0 aliphatic carbocycles. The van der Waals surface area contributed by atoms with Crippen molar-refractivity contribution in [3.05, 3.63) is 35.4 Å². The smallest absolute Gasteiger partial charge is 0.251 e. The van der Waals surface area contributed by atoms with Crippen LogP contribution in [0.3, 0.4) is 0 Å². The van der Waals surface area contributed by atoms with Crippen LogP contribution in [0, 0.1) is 0 Å². The van der Waals surface area contributed by atoms with E-state index in [1.807, 2.05) is 19.1 Å². The fourth-order valence-electron chi connectivity index (χ4n) is 2.40. The van der Waals surface area contributed by atoms with E-state index in [4.69, 9.17) is 0 Å². The fourth-order valence-corrected chi connectivity index (χ4v) is 2.40. The quantitative estimate of drug-likeness (QED) is 0.885. The van der Waals surface area contributed by atoms with E-state index >= 15 is 0 Å². The molecule has 0 saturated carbocycles. The predicted octanol–water partition coefficient (Wildman–Crippen LogP) is 2.42. The molecule has 2 rings (SSSR count). The van der Waals surface area contributed by atoms with E-state index in [9.17, 15) is 4.79 Å². The summed E-state index contributed by atoms with van der Waals surface area (Å²) in [5.74, 6) is 0.0158. The van der Waals surface area contributed by atoms with Crippen LogP contribution in [0.5, 0.6) is 0 Å². The SMILES string of the molecule is CCNC(=O)c1ccc(CN2CCCCC2)cc1. The number of amides is 1. The molecule has 0 unspecified atom stereocenters. The van der Waals surface area contributed by atoms with Crippen molar-refractivity contribution in [2.75, 3.05) is 19.6 Å². The molecule has 98 valence electrons. The second-order valence-electron chi connectivity index (χ2n) is 4.89. The van der Waals surface area contributed by atoms with Crippen LogP contribution in [-0.2, 0) is 6.54 Å². The van der Waals surface area contributed by atoms with Gasteiger partial charge in [0.15, 0.2) is 0 Å². The summed E-state index contributed by atoms with van der Waals surface area (Å²) in [5.41, 5.74) is 2.05. The lowest BCUT2D eigenvalue weighted by Gasteiger charge is -2.26. The first-order chi connectivity index (χ1) is 8.79. The van der Waals surface area contributed by atoms with Crippen LogP contribution in [0.15, 0.2) is 24.3 Å². The molecule has 1 fully saturated rings. The van der Waals surface area contributed by atoms with Crippen LogP contribution < -0.4 is 5.32 Å². The summed E-state index contributed by atoms with van der Waals surface area (Å²) in [7, 11) is 0. The zero-order chi connectivity index (χ0) is 12.8. The predicted molar refractivity (Wildman–Crippen MR) is 73.6 cm³/mol. The van der Waals surface area contributed by atoms with Crippen LogP contribution in [0.1, 0.15) is 42.1 Å². The molecule has 0 bridgehead atoms. The minimum Gasteiger partial charge on any atom is -0.352 e. The molecule has 1 aliphatic heterocycles. The Morgan fingerprint density at radius 3 is 2.44 bits per heavy atom. The van der Waals surface area contributed by atoms with Crippen molar-refractivity contribution < 1.29 is 4.79 Å². The highest BCUT2D eigenvalue weighted by Crippen LogP contribution is 2.13. The molecular formula is C15H22N2O. The Labute approximate surface area is 109 Å². The van der Waals surface area contributed by atoms with E-state index < -0.39 is 0 Å². The standard InChI is InChI=1S/C15H22N2O/c1-2-16-15(18)14-8-6-13(7-9-14)12-17-10-4-3-5-11-17/h6-9H,2-5,10-12H2,1H3,(H,16,18). The van der Waals surface area contributed by atoms with Crippen LogP contribution in [0.2, 0.25) is 0 Å². The average Bonchev–Trinajstić information content (AvgIpc) is 2.41. The summed E-state index contributed by atoms with van der Waals surface area (Å²) >= 11 is 0. The fraction of sp³-hybridized carbons (Fsp3) is 0.533. The molecule has 3 nitrogen and oxygen atoms in total. The molecular weight excluding hydrogens is 224 g/mol. The van der Waals surface area contributed by atoms with E-state index in [-0.39, 0.29) is 5.91 Å². The third-order valence-electron chi connectivity index (χ3n) is 3.41. The van der Waals surface area contributed by atoms with E-state index in [2.05, 4.69) is 22.3 Å². The third-order valence-corrected chi connectivity index (χ3v) is 3.41. The zero-order valence-electron chi connectivity index (χ0n) is 11.1. The Hall–Kier alpha value is -1.35. The third kappa shape index (κ3) is 3.57. The Kier molecular flexibility index (Phi) is 4.76. The van der Waals surface area contributed by atoms with Gasteiger partial charge < -0.3 is 5.32 Å². The molecule has 1 amide bonds. The van der Waals surface area contributed by atoms with Crippen LogP contribution >= 0.6 is 0 Å². The lowest BCUT2D eigenvalue weighted by atomic mass is 10.1. The van der Waals surface area contributed by atoms with Gasteiger partial charge >= 0.3 is 0 Å². The van der Waals surface area contributed by atoms with Gasteiger partial charge in [-0.25, -0.2) is 0 Å². The van der Waals surface area contributed by atoms with Gasteiger partial charge in [0.1, 0.15) is 0 Å². The molecule has 1 heterocycles. The number of hydrogen-bond acceptors (Lipinski definition) is 2. The molecule has 0 radical (unpaired) electrons. The molecule has 1 saturated heterocycles. The highest BCUT2D eigenvalue weighted by Gasteiger charge is 2.10. The highest BCUT2D eigenvalue weighted by molar-refractivity contribution is 5.94. The van der Waals surface area contributed by atoms with Gasteiger partial charge in [0, 0.05) is 18.7 Å². The summed E-state index contributed by atoms with van der Waals surface area (Å²) in [6, 6.07) is 7.98. The maximum atomic E-state index is 11.6. The number of benzene rings is 1. The number of hydrogen-bond donors (Lipinski definition) is 1. The summed E-state index contributed by atoms with van der Waals surface area (Å²) in [6.45, 7) is 6.03. The number of piperidine rings is 1. The molecule has 1 N–H and O–H groups in total. The lowest BCUT2D eigenvalue weighted by molar-refractivity contribution is 0.0956. The average molecular weight is 246 g/mol. The van der Waals surface area contributed by atoms with Crippen molar-refractivity contribution in [1.29, 1.82) is 0 Å². The molecule has 1 aliphatic rings. The first kappa shape index (κ1) is 13.1. The van der Waals surface area contributed by atoms with E-state index in [1.54, 1.807) is 0 Å². The first-order valence-electron chi connectivity index (χ1n) is 6.89. The molecule has 0 atom stereocenters. The van der Waals surface area contributed by atoms with E-state index in [0.717, 1.165) is 12.1 Å². The Bertz CT molecular complexity index is 380. The van der Waals surface area contributed by atoms with Crippen molar-refractivity contribution >= 4 is 5.91 Å². The van der Waals surface area contributed by atoms with Crippen molar-refractivity contribution in [3.8, 4) is 0 Å². The van der Waals surface area contributed by atoms with E-state index in [1.165, 1.54) is 37.9 Å². The van der Waals surface area contributed by atoms with Gasteiger partial charge in [-0.05, 0) is 50.6 Å². The molecule has 0 aromatic heterocycles. The molecule has 18 heavy (non-hydrogen) atoms. The van der Waals surface area contributed by atoms with Gasteiger partial charge in [-0.15, -0.1) is 0 Å². The van der Waals surface area contributed by atoms with Crippen molar-refractivity contribution in [2.45, 2.75) is 32.7 Å². The van der Waals surface area contributed by atoms with Gasteiger partial charge in [0.05, 0.1) is 0 Å². The number of carbonyl (C=O) groups excluding carboxylic acids is 1. The minimum atomic E-state index is 0.0158. The molecule has 3 heteroatoms. The van der Waals surface area contributed by atoms with Gasteiger partial charge in [-0.1, -0.05) is 18.6 Å². The second kappa shape index (κ2) is 6.55. The van der Waals surface area contributed by atoms with Crippen LogP contribution in [0.25, 0.3) is 0 Å². The normalized spacial score (nSPS) is 16.5. The number of nitrogens with one attached hydrogen (secondary N) is 1. The summed E-state index contributed by atoms with van der Waals surface area (Å²) in [6.07, 6.45) is 4.00. The largest absolute Gasteiger partial charge is 0.352 e. The monoisotopic (exact) mass is 246 g/mol. The highest BCUT2D eigenvalue weighted by atomic mass is 16.1. The molecule has 1 aromatic carbocycles. The molecule has 0 spiro atoms. The molecule has 1 aromatic rings. The Morgan fingerprint density at radius 2 is 1.83 bits per heavy atom. The van der Waals surface area contributed by atoms with Gasteiger partial charge in [-0.3, -0.25) is 9.69 Å². The van der Waals surface area contributed by atoms with Crippen molar-refractivity contribution in [3.63, 3.8) is 0 Å². The first-order valence-corrected chi connectivity index (χ1v) is 6.89. The number of likely N-dealkylation sites (tertiary alicyclic amines) is 1. The Balaban J connectivity index is 1.92. The minimum absolute atomic E-state index is 0.0158. The summed E-state index contributed by atoms with van der Waals surface area (Å²) < 4.78 is 0. The van der Waals surface area contributed by atoms with Crippen molar-refractivity contribution in [1.82, 2.24) is 10.2 Å². The maximum absolute atomic E-state index is 11.6. The zero-order valence-corrected chi connectivity index (χ0v) is 11.1. The topological polar surface area (TPSA) is 32.3 Å². The lowest BCUT2D eigenvalue weighted by Crippen LogP contribution is -2.29. The number of nitrogens with zero attached hydrogens (tertiary/aromatic N) is 1. The van der Waals surface area contributed by atoms with Gasteiger partial charge in [0.25, 0.3) is 5.91 Å². The van der Waals surface area contributed by atoms with Gasteiger partial charge in [0.2, 0.25) is 0 Å². The summed E-state index contributed by atoms with van der Waals surface area (Å²) in [4.78, 5) is 14.1. The van der Waals surface area contributed by atoms with Crippen LogP contribution in [0.4, 0.5) is 0 Å². The van der Waals surface area contributed by atoms with Gasteiger partial charge in [-0.2, -0.15) is 0 Å². The van der Waals surface area contributed by atoms with E-state index in [0.29, 0.717) is 6.54 Å². The van der Waals surface area contributed by atoms with Crippen molar-refractivity contribution in [2.24, 2.45) is 0 Å². The Morgan fingerprint density at radius 1 is 1.17 bits per heavy atom. The number of rotatable bonds is 4. The number of carbonyl (C=O) groups is 1. The maximum Gasteiger partial charge on any atom is 0.251 e.